The molecule has 1 amide bonds. The number of carbonyl (C=O) groups excluding carboxylic acids is 1. The number of likely N-dealkylation sites (tertiary alicyclic amines) is 1. The molecule has 1 aromatic rings. The first kappa shape index (κ1) is 14.4. The lowest BCUT2D eigenvalue weighted by atomic mass is 10.1. The van der Waals surface area contributed by atoms with Gasteiger partial charge in [-0.15, -0.1) is 0 Å². The van der Waals surface area contributed by atoms with Gasteiger partial charge in [-0.25, -0.2) is 13.2 Å². The zero-order valence-corrected chi connectivity index (χ0v) is 11.7. The summed E-state index contributed by atoms with van der Waals surface area (Å²) in [6, 6.07) is 4.10. The molecule has 1 fully saturated rings. The summed E-state index contributed by atoms with van der Waals surface area (Å²) in [5, 5.41) is 0. The van der Waals surface area contributed by atoms with Gasteiger partial charge in [0.15, 0.2) is 0 Å². The molecule has 0 spiro atoms. The third kappa shape index (κ3) is 3.72. The van der Waals surface area contributed by atoms with Gasteiger partial charge < -0.3 is 4.90 Å². The SMILES string of the molecule is O=C(Cc1cc(F)ccc1Br)N1CCC(F)(F)CC1. The van der Waals surface area contributed by atoms with Crippen molar-refractivity contribution in [2.24, 2.45) is 0 Å². The zero-order chi connectivity index (χ0) is 14.0. The van der Waals surface area contributed by atoms with Crippen molar-refractivity contribution in [3.05, 3.63) is 34.1 Å². The van der Waals surface area contributed by atoms with Gasteiger partial charge in [0, 0.05) is 30.4 Å². The summed E-state index contributed by atoms with van der Waals surface area (Å²) in [7, 11) is 0. The molecule has 2 rings (SSSR count). The Bertz CT molecular complexity index is 483. The highest BCUT2D eigenvalue weighted by Crippen LogP contribution is 2.28. The second-order valence-electron chi connectivity index (χ2n) is 4.65. The molecule has 1 aromatic carbocycles. The van der Waals surface area contributed by atoms with Crippen LogP contribution in [0, 0.1) is 5.82 Å². The summed E-state index contributed by atoms with van der Waals surface area (Å²) >= 11 is 3.24. The molecule has 0 atom stereocenters. The number of rotatable bonds is 2. The topological polar surface area (TPSA) is 20.3 Å². The molecule has 0 unspecified atom stereocenters. The molecular formula is C13H13BrF3NO. The Morgan fingerprint density at radius 1 is 1.32 bits per heavy atom. The monoisotopic (exact) mass is 335 g/mol. The molecule has 2 nitrogen and oxygen atoms in total. The van der Waals surface area contributed by atoms with Gasteiger partial charge in [-0.3, -0.25) is 4.79 Å². The number of alkyl halides is 2. The Morgan fingerprint density at radius 3 is 2.58 bits per heavy atom. The molecule has 6 heteroatoms. The average Bonchev–Trinajstić information content (AvgIpc) is 2.33. The largest absolute Gasteiger partial charge is 0.342 e. The van der Waals surface area contributed by atoms with Crippen LogP contribution in [0.2, 0.25) is 0 Å². The van der Waals surface area contributed by atoms with Gasteiger partial charge in [0.1, 0.15) is 5.82 Å². The molecule has 1 aliphatic rings. The molecule has 1 heterocycles. The maximum absolute atomic E-state index is 13.1. The molecule has 0 aromatic heterocycles. The summed E-state index contributed by atoms with van der Waals surface area (Å²) in [5.74, 6) is -3.34. The number of nitrogens with zero attached hydrogens (tertiary/aromatic N) is 1. The van der Waals surface area contributed by atoms with Crippen molar-refractivity contribution in [1.82, 2.24) is 4.90 Å². The summed E-state index contributed by atoms with van der Waals surface area (Å²) in [5.41, 5.74) is 0.530. The standard InChI is InChI=1S/C13H13BrF3NO/c14-11-2-1-10(15)7-9(11)8-12(19)18-5-3-13(16,17)4-6-18/h1-2,7H,3-6,8H2. The van der Waals surface area contributed by atoms with Crippen LogP contribution in [0.25, 0.3) is 0 Å². The Hall–Kier alpha value is -1.04. The summed E-state index contributed by atoms with van der Waals surface area (Å²) in [6.45, 7) is 0.109. The van der Waals surface area contributed by atoms with E-state index in [2.05, 4.69) is 15.9 Å². The smallest absolute Gasteiger partial charge is 0.251 e. The van der Waals surface area contributed by atoms with Crippen molar-refractivity contribution >= 4 is 21.8 Å². The molecule has 1 saturated heterocycles. The van der Waals surface area contributed by atoms with Crippen molar-refractivity contribution in [3.8, 4) is 0 Å². The molecule has 0 aliphatic carbocycles. The lowest BCUT2D eigenvalue weighted by Crippen LogP contribution is -2.43. The highest BCUT2D eigenvalue weighted by molar-refractivity contribution is 9.10. The second-order valence-corrected chi connectivity index (χ2v) is 5.50. The van der Waals surface area contributed by atoms with Crippen LogP contribution in [0.15, 0.2) is 22.7 Å². The first-order chi connectivity index (χ1) is 8.87. The van der Waals surface area contributed by atoms with Crippen LogP contribution in [0.5, 0.6) is 0 Å². The number of halogens is 4. The third-order valence-electron chi connectivity index (χ3n) is 3.20. The van der Waals surface area contributed by atoms with Crippen molar-refractivity contribution in [2.75, 3.05) is 13.1 Å². The molecule has 104 valence electrons. The zero-order valence-electron chi connectivity index (χ0n) is 10.1. The van der Waals surface area contributed by atoms with Crippen LogP contribution in [-0.4, -0.2) is 29.8 Å². The summed E-state index contributed by atoms with van der Waals surface area (Å²) in [4.78, 5) is 13.4. The normalized spacial score (nSPS) is 18.4. The first-order valence-corrected chi connectivity index (χ1v) is 6.76. The van der Waals surface area contributed by atoms with E-state index >= 15 is 0 Å². The van der Waals surface area contributed by atoms with Crippen LogP contribution in [0.4, 0.5) is 13.2 Å². The van der Waals surface area contributed by atoms with Crippen LogP contribution in [0.1, 0.15) is 18.4 Å². The summed E-state index contributed by atoms with van der Waals surface area (Å²) < 4.78 is 39.7. The van der Waals surface area contributed by atoms with Crippen LogP contribution >= 0.6 is 15.9 Å². The van der Waals surface area contributed by atoms with Crippen LogP contribution < -0.4 is 0 Å². The Kier molecular flexibility index (Phi) is 4.18. The van der Waals surface area contributed by atoms with E-state index in [1.165, 1.54) is 23.1 Å². The third-order valence-corrected chi connectivity index (χ3v) is 3.97. The summed E-state index contributed by atoms with van der Waals surface area (Å²) in [6.07, 6.45) is -0.587. The predicted octanol–water partition coefficient (Wildman–Crippen LogP) is 3.39. The molecule has 1 aliphatic heterocycles. The van der Waals surface area contributed by atoms with Crippen molar-refractivity contribution in [1.29, 1.82) is 0 Å². The van der Waals surface area contributed by atoms with Crippen molar-refractivity contribution in [2.45, 2.75) is 25.2 Å². The Labute approximate surface area is 117 Å². The second kappa shape index (κ2) is 5.53. The highest BCUT2D eigenvalue weighted by Gasteiger charge is 2.35. The number of hydrogen-bond donors (Lipinski definition) is 0. The fraction of sp³-hybridized carbons (Fsp3) is 0.462. The molecule has 0 saturated carbocycles. The molecule has 0 N–H and O–H groups in total. The number of carbonyl (C=O) groups is 1. The number of amides is 1. The van der Waals surface area contributed by atoms with Gasteiger partial charge in [0.05, 0.1) is 6.42 Å². The van der Waals surface area contributed by atoms with E-state index in [1.807, 2.05) is 0 Å². The van der Waals surface area contributed by atoms with Crippen LogP contribution in [0.3, 0.4) is 0 Å². The Balaban J connectivity index is 2.00. The molecule has 0 radical (unpaired) electrons. The van der Waals surface area contributed by atoms with Gasteiger partial charge in [-0.05, 0) is 23.8 Å². The van der Waals surface area contributed by atoms with Crippen molar-refractivity contribution < 1.29 is 18.0 Å². The van der Waals surface area contributed by atoms with E-state index in [1.54, 1.807) is 0 Å². The molecule has 19 heavy (non-hydrogen) atoms. The van der Waals surface area contributed by atoms with E-state index in [0.717, 1.165) is 0 Å². The quantitative estimate of drug-likeness (QED) is 0.811. The van der Waals surface area contributed by atoms with Gasteiger partial charge in [-0.1, -0.05) is 15.9 Å². The number of piperidine rings is 1. The molecule has 0 bridgehead atoms. The number of hydrogen-bond acceptors (Lipinski definition) is 1. The fourth-order valence-electron chi connectivity index (χ4n) is 2.04. The highest BCUT2D eigenvalue weighted by atomic mass is 79.9. The average molecular weight is 336 g/mol. The minimum absolute atomic E-state index is 0.0178. The number of benzene rings is 1. The van der Waals surface area contributed by atoms with E-state index in [4.69, 9.17) is 0 Å². The molecular weight excluding hydrogens is 323 g/mol. The maximum Gasteiger partial charge on any atom is 0.251 e. The van der Waals surface area contributed by atoms with E-state index in [9.17, 15) is 18.0 Å². The maximum atomic E-state index is 13.1. The minimum Gasteiger partial charge on any atom is -0.342 e. The fourth-order valence-corrected chi connectivity index (χ4v) is 2.42. The van der Waals surface area contributed by atoms with Gasteiger partial charge in [-0.2, -0.15) is 0 Å². The first-order valence-electron chi connectivity index (χ1n) is 5.97. The van der Waals surface area contributed by atoms with Crippen LogP contribution in [-0.2, 0) is 11.2 Å². The van der Waals surface area contributed by atoms with E-state index in [-0.39, 0.29) is 38.3 Å². The van der Waals surface area contributed by atoms with Gasteiger partial charge in [0.2, 0.25) is 5.91 Å². The Morgan fingerprint density at radius 2 is 1.95 bits per heavy atom. The predicted molar refractivity (Wildman–Crippen MR) is 68.6 cm³/mol. The van der Waals surface area contributed by atoms with Gasteiger partial charge in [0.25, 0.3) is 5.92 Å². The lowest BCUT2D eigenvalue weighted by molar-refractivity contribution is -0.136. The minimum atomic E-state index is -2.67. The van der Waals surface area contributed by atoms with Gasteiger partial charge >= 0.3 is 0 Å². The van der Waals surface area contributed by atoms with E-state index < -0.39 is 11.7 Å². The van der Waals surface area contributed by atoms with E-state index in [0.29, 0.717) is 10.0 Å². The van der Waals surface area contributed by atoms with Crippen molar-refractivity contribution in [3.63, 3.8) is 0 Å². The lowest BCUT2D eigenvalue weighted by Gasteiger charge is -2.31.